The second kappa shape index (κ2) is 4.40. The molecule has 0 amide bonds. The summed E-state index contributed by atoms with van der Waals surface area (Å²) in [6, 6.07) is 0. The Morgan fingerprint density at radius 2 is 1.92 bits per heavy atom. The van der Waals surface area contributed by atoms with E-state index in [2.05, 4.69) is 42.8 Å². The molecule has 0 bridgehead atoms. The monoisotopic (exact) mass is 185 g/mol. The van der Waals surface area contributed by atoms with E-state index in [-0.39, 0.29) is 5.66 Å². The SMILES string of the molecule is CCCN(CC)C(C)(C)N1CNC1. The average molecular weight is 185 g/mol. The predicted molar refractivity (Wildman–Crippen MR) is 56.3 cm³/mol. The van der Waals surface area contributed by atoms with Gasteiger partial charge in [-0.3, -0.25) is 15.1 Å². The summed E-state index contributed by atoms with van der Waals surface area (Å²) < 4.78 is 0. The molecule has 0 aliphatic carbocycles. The fourth-order valence-electron chi connectivity index (χ4n) is 1.90. The van der Waals surface area contributed by atoms with Crippen molar-refractivity contribution in [2.45, 2.75) is 39.8 Å². The fraction of sp³-hybridized carbons (Fsp3) is 1.00. The highest BCUT2D eigenvalue weighted by Gasteiger charge is 2.34. The van der Waals surface area contributed by atoms with Crippen molar-refractivity contribution in [1.29, 1.82) is 0 Å². The van der Waals surface area contributed by atoms with Crippen molar-refractivity contribution >= 4 is 0 Å². The molecule has 1 saturated heterocycles. The van der Waals surface area contributed by atoms with Crippen molar-refractivity contribution in [3.05, 3.63) is 0 Å². The second-order valence-corrected chi connectivity index (χ2v) is 4.18. The molecule has 0 aromatic rings. The Morgan fingerprint density at radius 1 is 1.31 bits per heavy atom. The normalized spacial score (nSPS) is 19.2. The van der Waals surface area contributed by atoms with E-state index >= 15 is 0 Å². The molecule has 0 spiro atoms. The molecule has 0 radical (unpaired) electrons. The molecule has 1 aliphatic heterocycles. The quantitative estimate of drug-likeness (QED) is 0.696. The Kier molecular flexibility index (Phi) is 3.71. The Morgan fingerprint density at radius 3 is 2.23 bits per heavy atom. The topological polar surface area (TPSA) is 18.5 Å². The van der Waals surface area contributed by atoms with E-state index in [1.807, 2.05) is 0 Å². The zero-order valence-electron chi connectivity index (χ0n) is 9.43. The Labute approximate surface area is 82.1 Å². The maximum atomic E-state index is 3.29. The zero-order chi connectivity index (χ0) is 9.90. The maximum Gasteiger partial charge on any atom is 0.0701 e. The van der Waals surface area contributed by atoms with E-state index in [1.54, 1.807) is 0 Å². The van der Waals surface area contributed by atoms with Crippen LogP contribution in [0, 0.1) is 0 Å². The number of rotatable bonds is 5. The van der Waals surface area contributed by atoms with Crippen LogP contribution < -0.4 is 5.32 Å². The molecule has 1 N–H and O–H groups in total. The van der Waals surface area contributed by atoms with Gasteiger partial charge in [0, 0.05) is 0 Å². The van der Waals surface area contributed by atoms with Crippen LogP contribution in [0.2, 0.25) is 0 Å². The molecule has 0 atom stereocenters. The van der Waals surface area contributed by atoms with E-state index < -0.39 is 0 Å². The lowest BCUT2D eigenvalue weighted by molar-refractivity contribution is -0.0793. The minimum atomic E-state index is 0.218. The Balaban J connectivity index is 2.52. The van der Waals surface area contributed by atoms with Gasteiger partial charge in [0.15, 0.2) is 0 Å². The van der Waals surface area contributed by atoms with Gasteiger partial charge in [-0.15, -0.1) is 0 Å². The van der Waals surface area contributed by atoms with Gasteiger partial charge in [0.1, 0.15) is 0 Å². The van der Waals surface area contributed by atoms with Gasteiger partial charge in [-0.1, -0.05) is 13.8 Å². The van der Waals surface area contributed by atoms with Crippen molar-refractivity contribution in [2.24, 2.45) is 0 Å². The number of nitrogens with zero attached hydrogens (tertiary/aromatic N) is 2. The molecule has 0 aromatic heterocycles. The summed E-state index contributed by atoms with van der Waals surface area (Å²) in [4.78, 5) is 5.00. The van der Waals surface area contributed by atoms with Crippen LogP contribution in [-0.4, -0.2) is 41.9 Å². The molecule has 1 aliphatic rings. The molecule has 1 heterocycles. The third-order valence-electron chi connectivity index (χ3n) is 3.03. The molecule has 0 unspecified atom stereocenters. The van der Waals surface area contributed by atoms with Crippen LogP contribution in [0.4, 0.5) is 0 Å². The lowest BCUT2D eigenvalue weighted by atomic mass is 10.1. The summed E-state index contributed by atoms with van der Waals surface area (Å²) >= 11 is 0. The van der Waals surface area contributed by atoms with Gasteiger partial charge in [0.25, 0.3) is 0 Å². The summed E-state index contributed by atoms with van der Waals surface area (Å²) in [6.45, 7) is 13.5. The maximum absolute atomic E-state index is 3.29. The highest BCUT2D eigenvalue weighted by atomic mass is 15.5. The van der Waals surface area contributed by atoms with Crippen LogP contribution in [0.5, 0.6) is 0 Å². The summed E-state index contributed by atoms with van der Waals surface area (Å²) in [5.41, 5.74) is 0.218. The van der Waals surface area contributed by atoms with Crippen molar-refractivity contribution < 1.29 is 0 Å². The Hall–Kier alpha value is -0.120. The van der Waals surface area contributed by atoms with E-state index in [1.165, 1.54) is 13.0 Å². The first-order valence-electron chi connectivity index (χ1n) is 5.33. The average Bonchev–Trinajstić information content (AvgIpc) is 1.95. The van der Waals surface area contributed by atoms with E-state index in [0.29, 0.717) is 0 Å². The molecular weight excluding hydrogens is 162 g/mol. The zero-order valence-corrected chi connectivity index (χ0v) is 9.43. The highest BCUT2D eigenvalue weighted by Crippen LogP contribution is 2.21. The van der Waals surface area contributed by atoms with Gasteiger partial charge in [-0.05, 0) is 33.4 Å². The largest absolute Gasteiger partial charge is 0.291 e. The second-order valence-electron chi connectivity index (χ2n) is 4.18. The van der Waals surface area contributed by atoms with Crippen LogP contribution >= 0.6 is 0 Å². The molecule has 0 aromatic carbocycles. The first-order valence-corrected chi connectivity index (χ1v) is 5.33. The third kappa shape index (κ3) is 2.22. The first kappa shape index (κ1) is 11.0. The van der Waals surface area contributed by atoms with E-state index in [0.717, 1.165) is 19.9 Å². The molecule has 78 valence electrons. The molecule has 3 heteroatoms. The standard InChI is InChI=1S/C10H23N3/c1-5-7-12(6-2)10(3,4)13-8-11-9-13/h11H,5-9H2,1-4H3. The van der Waals surface area contributed by atoms with Gasteiger partial charge < -0.3 is 0 Å². The Bertz CT molecular complexity index is 152. The van der Waals surface area contributed by atoms with Crippen molar-refractivity contribution in [3.8, 4) is 0 Å². The summed E-state index contributed by atoms with van der Waals surface area (Å²) in [6.07, 6.45) is 1.23. The van der Waals surface area contributed by atoms with Crippen molar-refractivity contribution in [3.63, 3.8) is 0 Å². The van der Waals surface area contributed by atoms with E-state index in [4.69, 9.17) is 0 Å². The van der Waals surface area contributed by atoms with Crippen LogP contribution in [0.3, 0.4) is 0 Å². The van der Waals surface area contributed by atoms with Gasteiger partial charge in [0.05, 0.1) is 19.0 Å². The van der Waals surface area contributed by atoms with Gasteiger partial charge in [-0.2, -0.15) is 0 Å². The predicted octanol–water partition coefficient (Wildman–Crippen LogP) is 1.27. The molecule has 0 saturated carbocycles. The first-order chi connectivity index (χ1) is 6.12. The van der Waals surface area contributed by atoms with Gasteiger partial charge in [-0.25, -0.2) is 0 Å². The van der Waals surface area contributed by atoms with Crippen LogP contribution in [-0.2, 0) is 0 Å². The van der Waals surface area contributed by atoms with Crippen LogP contribution in [0.25, 0.3) is 0 Å². The lowest BCUT2D eigenvalue weighted by Gasteiger charge is -2.50. The summed E-state index contributed by atoms with van der Waals surface area (Å²) in [5, 5.41) is 3.29. The summed E-state index contributed by atoms with van der Waals surface area (Å²) in [7, 11) is 0. The minimum Gasteiger partial charge on any atom is -0.291 e. The smallest absolute Gasteiger partial charge is 0.0701 e. The number of hydrogen-bond acceptors (Lipinski definition) is 3. The van der Waals surface area contributed by atoms with Gasteiger partial charge in [0.2, 0.25) is 0 Å². The van der Waals surface area contributed by atoms with Crippen molar-refractivity contribution in [1.82, 2.24) is 15.1 Å². The highest BCUT2D eigenvalue weighted by molar-refractivity contribution is 4.84. The van der Waals surface area contributed by atoms with Crippen LogP contribution in [0.1, 0.15) is 34.1 Å². The molecule has 3 nitrogen and oxygen atoms in total. The lowest BCUT2D eigenvalue weighted by Crippen LogP contribution is -2.67. The minimum absolute atomic E-state index is 0.218. The summed E-state index contributed by atoms with van der Waals surface area (Å²) in [5.74, 6) is 0. The van der Waals surface area contributed by atoms with Crippen LogP contribution in [0.15, 0.2) is 0 Å². The molecular formula is C10H23N3. The molecule has 13 heavy (non-hydrogen) atoms. The fourth-order valence-corrected chi connectivity index (χ4v) is 1.90. The molecule has 1 fully saturated rings. The van der Waals surface area contributed by atoms with E-state index in [9.17, 15) is 0 Å². The van der Waals surface area contributed by atoms with Crippen molar-refractivity contribution in [2.75, 3.05) is 26.4 Å². The number of hydrogen-bond donors (Lipinski definition) is 1. The third-order valence-corrected chi connectivity index (χ3v) is 3.03. The van der Waals surface area contributed by atoms with Gasteiger partial charge >= 0.3 is 0 Å². The molecule has 1 rings (SSSR count). The number of nitrogens with one attached hydrogen (secondary N) is 1.